The van der Waals surface area contributed by atoms with Crippen LogP contribution in [0.4, 0.5) is 11.4 Å². The van der Waals surface area contributed by atoms with Crippen molar-refractivity contribution in [1.29, 1.82) is 0 Å². The summed E-state index contributed by atoms with van der Waals surface area (Å²) in [5.41, 5.74) is 4.59. The number of aliphatic imine (C=N–C) groups is 1. The number of hydrogen-bond donors (Lipinski definition) is 0. The van der Waals surface area contributed by atoms with Crippen LogP contribution in [0.2, 0.25) is 0 Å². The normalized spacial score (nSPS) is 16.2. The molecule has 10 nitrogen and oxygen atoms in total. The molecule has 10 heteroatoms. The minimum absolute atomic E-state index is 0.0173. The Balaban J connectivity index is 0.790. The van der Waals surface area contributed by atoms with Crippen LogP contribution in [-0.2, 0) is 0 Å². The van der Waals surface area contributed by atoms with Gasteiger partial charge in [0.1, 0.15) is 11.6 Å². The Morgan fingerprint density at radius 2 is 1.43 bits per heavy atom. The van der Waals surface area contributed by atoms with Gasteiger partial charge < -0.3 is 24.0 Å². The maximum atomic E-state index is 14.2. The molecule has 0 spiro atoms. The number of methoxy groups -OCH3 is 1. The Labute approximate surface area is 328 Å². The molecule has 56 heavy (non-hydrogen) atoms. The number of carbonyl (C=O) groups excluding carboxylic acids is 1. The molecule has 0 saturated carbocycles. The summed E-state index contributed by atoms with van der Waals surface area (Å²) in [6, 6.07) is 27.5. The second kappa shape index (κ2) is 17.4. The molecule has 0 N–H and O–H groups in total. The van der Waals surface area contributed by atoms with E-state index in [4.69, 9.17) is 19.2 Å². The van der Waals surface area contributed by atoms with Crippen LogP contribution >= 0.6 is 0 Å². The van der Waals surface area contributed by atoms with Gasteiger partial charge in [-0.05, 0) is 87.1 Å². The van der Waals surface area contributed by atoms with Crippen LogP contribution in [0.1, 0.15) is 81.0 Å². The zero-order valence-corrected chi connectivity index (χ0v) is 32.3. The zero-order chi connectivity index (χ0) is 38.3. The van der Waals surface area contributed by atoms with E-state index in [0.717, 1.165) is 93.7 Å². The third-order valence-corrected chi connectivity index (χ3v) is 11.2. The summed E-state index contributed by atoms with van der Waals surface area (Å²) < 4.78 is 19.5. The maximum Gasteiger partial charge on any atom is 0.266 e. The number of amides is 1. The van der Waals surface area contributed by atoms with Crippen LogP contribution in [0, 0.1) is 0 Å². The predicted octanol–water partition coefficient (Wildman–Crippen LogP) is 9.17. The van der Waals surface area contributed by atoms with Gasteiger partial charge in [0, 0.05) is 43.2 Å². The maximum absolute atomic E-state index is 14.2. The molecular formula is C46H51N5O5. The molecule has 3 aliphatic rings. The molecule has 0 radical (unpaired) electrons. The molecule has 0 bridgehead atoms. The molecule has 290 valence electrons. The SMILES string of the molecule is COc1cc2c(cc1OCCCCCCCCCOc1ccc(-n3c(-c4ccccc4)nc4ccc(N5CCCC5)cc4c3=O)cc1)N=C[C@@H]1CCCN1C2=O. The van der Waals surface area contributed by atoms with Crippen LogP contribution in [0.5, 0.6) is 17.2 Å². The third-order valence-electron chi connectivity index (χ3n) is 11.2. The minimum atomic E-state index is -0.0738. The molecule has 0 unspecified atom stereocenters. The number of hydrogen-bond acceptors (Lipinski definition) is 8. The number of carbonyl (C=O) groups is 1. The van der Waals surface area contributed by atoms with Gasteiger partial charge in [-0.25, -0.2) is 4.98 Å². The number of aromatic nitrogens is 2. The summed E-state index contributed by atoms with van der Waals surface area (Å²) in [7, 11) is 1.61. The molecule has 8 rings (SSSR count). The first-order valence-corrected chi connectivity index (χ1v) is 20.4. The van der Waals surface area contributed by atoms with Crippen molar-refractivity contribution in [3.63, 3.8) is 0 Å². The van der Waals surface area contributed by atoms with Crippen molar-refractivity contribution in [3.8, 4) is 34.3 Å². The van der Waals surface area contributed by atoms with Crippen LogP contribution in [-0.4, -0.2) is 72.6 Å². The second-order valence-electron chi connectivity index (χ2n) is 15.0. The summed E-state index contributed by atoms with van der Waals surface area (Å²) in [6.07, 6.45) is 13.8. The van der Waals surface area contributed by atoms with Crippen LogP contribution in [0.25, 0.3) is 28.0 Å². The first-order chi connectivity index (χ1) is 27.6. The van der Waals surface area contributed by atoms with Crippen LogP contribution < -0.4 is 24.7 Å². The first-order valence-electron chi connectivity index (χ1n) is 20.4. The van der Waals surface area contributed by atoms with Crippen molar-refractivity contribution in [2.75, 3.05) is 44.9 Å². The minimum Gasteiger partial charge on any atom is -0.494 e. The summed E-state index contributed by atoms with van der Waals surface area (Å²) in [5.74, 6) is 2.64. The highest BCUT2D eigenvalue weighted by atomic mass is 16.5. The van der Waals surface area contributed by atoms with Crippen LogP contribution in [0.15, 0.2) is 94.7 Å². The van der Waals surface area contributed by atoms with Gasteiger partial charge in [-0.15, -0.1) is 0 Å². The number of ether oxygens (including phenoxy) is 3. The van der Waals surface area contributed by atoms with E-state index in [-0.39, 0.29) is 17.5 Å². The van der Waals surface area contributed by atoms with Crippen molar-refractivity contribution in [2.24, 2.45) is 4.99 Å². The Kier molecular flexibility index (Phi) is 11.6. The van der Waals surface area contributed by atoms with Gasteiger partial charge in [-0.3, -0.25) is 19.1 Å². The standard InChI is InChI=1S/C46H51N5O5/c1-54-42-30-39-41(47-32-36-17-14-26-50(36)45(39)52)31-43(42)56-28-13-6-4-2-3-5-12-27-55-37-21-18-34(19-22-37)51-44(33-15-8-7-9-16-33)48-40-23-20-35(29-38(40)46(51)53)49-24-10-11-25-49/h7-9,15-16,18-23,29-32,36H,2-6,10-14,17,24-28H2,1H3/t36-/m0/s1. The molecule has 1 atom stereocenters. The van der Waals surface area contributed by atoms with E-state index in [9.17, 15) is 9.59 Å². The lowest BCUT2D eigenvalue weighted by Crippen LogP contribution is -2.35. The number of nitrogens with zero attached hydrogens (tertiary/aromatic N) is 5. The largest absolute Gasteiger partial charge is 0.494 e. The van der Waals surface area contributed by atoms with E-state index in [1.165, 1.54) is 19.3 Å². The van der Waals surface area contributed by atoms with Gasteiger partial charge in [0.25, 0.3) is 11.5 Å². The van der Waals surface area contributed by atoms with Crippen LogP contribution in [0.3, 0.4) is 0 Å². The van der Waals surface area contributed by atoms with Crippen molar-refractivity contribution in [3.05, 3.63) is 101 Å². The molecule has 1 aromatic heterocycles. The number of anilines is 1. The molecule has 4 heterocycles. The fourth-order valence-corrected chi connectivity index (χ4v) is 8.14. The Morgan fingerprint density at radius 3 is 2.18 bits per heavy atom. The number of rotatable bonds is 16. The van der Waals surface area contributed by atoms with E-state index in [0.29, 0.717) is 52.7 Å². The lowest BCUT2D eigenvalue weighted by molar-refractivity contribution is 0.0774. The van der Waals surface area contributed by atoms with Crippen molar-refractivity contribution >= 4 is 34.4 Å². The Hall–Kier alpha value is -5.64. The molecule has 1 amide bonds. The van der Waals surface area contributed by atoms with Crippen molar-refractivity contribution < 1.29 is 19.0 Å². The Morgan fingerprint density at radius 1 is 0.714 bits per heavy atom. The summed E-state index contributed by atoms with van der Waals surface area (Å²) in [5, 5.41) is 0.624. The average molecular weight is 754 g/mol. The lowest BCUT2D eigenvalue weighted by Gasteiger charge is -2.20. The van der Waals surface area contributed by atoms with Gasteiger partial charge in [-0.2, -0.15) is 0 Å². The van der Waals surface area contributed by atoms with Gasteiger partial charge in [-0.1, -0.05) is 62.4 Å². The van der Waals surface area contributed by atoms with Gasteiger partial charge in [0.15, 0.2) is 11.5 Å². The van der Waals surface area contributed by atoms with Crippen molar-refractivity contribution in [2.45, 2.75) is 76.7 Å². The van der Waals surface area contributed by atoms with E-state index in [1.807, 2.05) is 83.9 Å². The van der Waals surface area contributed by atoms with Crippen molar-refractivity contribution in [1.82, 2.24) is 14.5 Å². The molecular weight excluding hydrogens is 703 g/mol. The summed E-state index contributed by atoms with van der Waals surface area (Å²) in [4.78, 5) is 41.2. The van der Waals surface area contributed by atoms with Gasteiger partial charge >= 0.3 is 0 Å². The number of unbranched alkanes of at least 4 members (excludes halogenated alkanes) is 6. The van der Waals surface area contributed by atoms with Gasteiger partial charge in [0.2, 0.25) is 0 Å². The average Bonchev–Trinajstić information content (AvgIpc) is 3.94. The quantitative estimate of drug-likeness (QED) is 0.0928. The molecule has 0 aliphatic carbocycles. The van der Waals surface area contributed by atoms with E-state index < -0.39 is 0 Å². The highest BCUT2D eigenvalue weighted by Crippen LogP contribution is 2.38. The summed E-state index contributed by atoms with van der Waals surface area (Å²) in [6.45, 7) is 4.04. The number of fused-ring (bicyclic) bond motifs is 3. The molecule has 5 aromatic rings. The smallest absolute Gasteiger partial charge is 0.266 e. The third kappa shape index (κ3) is 8.15. The topological polar surface area (TPSA) is 98.5 Å². The van der Waals surface area contributed by atoms with E-state index in [1.54, 1.807) is 17.7 Å². The lowest BCUT2D eigenvalue weighted by atomic mass is 10.1. The van der Waals surface area contributed by atoms with Gasteiger partial charge in [0.05, 0.1) is 54.2 Å². The predicted molar refractivity (Wildman–Crippen MR) is 223 cm³/mol. The Bertz CT molecular complexity index is 2230. The fraction of sp³-hybridized carbons (Fsp3) is 0.391. The highest BCUT2D eigenvalue weighted by molar-refractivity contribution is 6.03. The molecule has 2 saturated heterocycles. The molecule has 4 aromatic carbocycles. The zero-order valence-electron chi connectivity index (χ0n) is 32.3. The molecule has 2 fully saturated rings. The van der Waals surface area contributed by atoms with E-state index >= 15 is 0 Å². The molecule has 3 aliphatic heterocycles. The highest BCUT2D eigenvalue weighted by Gasteiger charge is 2.32. The first kappa shape index (κ1) is 37.3. The second-order valence-corrected chi connectivity index (χ2v) is 15.0. The summed E-state index contributed by atoms with van der Waals surface area (Å²) >= 11 is 0. The monoisotopic (exact) mass is 753 g/mol. The fourth-order valence-electron chi connectivity index (χ4n) is 8.14. The van der Waals surface area contributed by atoms with E-state index in [2.05, 4.69) is 16.0 Å². The number of benzene rings is 4.